The van der Waals surface area contributed by atoms with Gasteiger partial charge in [-0.2, -0.15) is 0 Å². The number of pyridine rings is 1. The maximum Gasteiger partial charge on any atom is 0.276 e. The number of aromatic nitrogens is 1. The molecule has 0 saturated carbocycles. The summed E-state index contributed by atoms with van der Waals surface area (Å²) < 4.78 is 0. The van der Waals surface area contributed by atoms with Crippen molar-refractivity contribution in [2.45, 2.75) is 13.8 Å². The second kappa shape index (κ2) is 4.93. The second-order valence-corrected chi connectivity index (χ2v) is 4.27. The Morgan fingerprint density at radius 3 is 2.74 bits per heavy atom. The third-order valence-electron chi connectivity index (χ3n) is 2.91. The molecule has 0 radical (unpaired) electrons. The molecule has 6 nitrogen and oxygen atoms in total. The first-order valence-corrected chi connectivity index (χ1v) is 5.72. The van der Waals surface area contributed by atoms with E-state index in [1.165, 1.54) is 12.1 Å². The molecule has 1 aromatic carbocycles. The Kier molecular flexibility index (Phi) is 3.33. The highest BCUT2D eigenvalue weighted by molar-refractivity contribution is 5.65. The van der Waals surface area contributed by atoms with Crippen molar-refractivity contribution in [2.75, 3.05) is 11.1 Å². The normalized spacial score (nSPS) is 10.2. The van der Waals surface area contributed by atoms with Crippen LogP contribution >= 0.6 is 0 Å². The molecule has 0 unspecified atom stereocenters. The smallest absolute Gasteiger partial charge is 0.276 e. The van der Waals surface area contributed by atoms with Crippen LogP contribution in [0.15, 0.2) is 30.3 Å². The SMILES string of the molecule is Cc1cccc(Nc2cc([N+](=O)[O-])cc(N)n2)c1C. The molecule has 1 aromatic heterocycles. The summed E-state index contributed by atoms with van der Waals surface area (Å²) in [5.74, 6) is 0.474. The van der Waals surface area contributed by atoms with E-state index in [4.69, 9.17) is 5.73 Å². The van der Waals surface area contributed by atoms with E-state index in [1.54, 1.807) is 0 Å². The Morgan fingerprint density at radius 2 is 2.05 bits per heavy atom. The molecule has 0 spiro atoms. The zero-order valence-electron chi connectivity index (χ0n) is 10.7. The van der Waals surface area contributed by atoms with Crippen molar-refractivity contribution >= 4 is 23.0 Å². The van der Waals surface area contributed by atoms with Crippen LogP contribution in [0.4, 0.5) is 23.0 Å². The van der Waals surface area contributed by atoms with E-state index in [0.717, 1.165) is 16.8 Å². The van der Waals surface area contributed by atoms with Gasteiger partial charge in [-0.3, -0.25) is 10.1 Å². The van der Waals surface area contributed by atoms with Gasteiger partial charge in [-0.05, 0) is 31.0 Å². The first-order chi connectivity index (χ1) is 8.97. The Labute approximate surface area is 110 Å². The molecule has 3 N–H and O–H groups in total. The number of nitrogens with two attached hydrogens (primary N) is 1. The molecular formula is C13H14N4O2. The third-order valence-corrected chi connectivity index (χ3v) is 2.91. The van der Waals surface area contributed by atoms with Gasteiger partial charge in [-0.25, -0.2) is 4.98 Å². The van der Waals surface area contributed by atoms with Gasteiger partial charge in [0.25, 0.3) is 5.69 Å². The average molecular weight is 258 g/mol. The molecule has 0 fully saturated rings. The molecule has 2 aromatic rings. The summed E-state index contributed by atoms with van der Waals surface area (Å²) in [7, 11) is 0. The van der Waals surface area contributed by atoms with Gasteiger partial charge in [-0.1, -0.05) is 12.1 Å². The van der Waals surface area contributed by atoms with Gasteiger partial charge in [-0.15, -0.1) is 0 Å². The van der Waals surface area contributed by atoms with E-state index in [9.17, 15) is 10.1 Å². The summed E-state index contributed by atoms with van der Waals surface area (Å²) in [5, 5.41) is 13.8. The number of anilines is 3. The van der Waals surface area contributed by atoms with Crippen LogP contribution in [0.2, 0.25) is 0 Å². The second-order valence-electron chi connectivity index (χ2n) is 4.27. The summed E-state index contributed by atoms with van der Waals surface area (Å²) in [5.41, 5.74) is 8.53. The van der Waals surface area contributed by atoms with Gasteiger partial charge >= 0.3 is 0 Å². The Balaban J connectivity index is 2.38. The Bertz CT molecular complexity index is 641. The first-order valence-electron chi connectivity index (χ1n) is 5.72. The molecule has 2 rings (SSSR count). The lowest BCUT2D eigenvalue weighted by Crippen LogP contribution is -2.01. The van der Waals surface area contributed by atoms with E-state index < -0.39 is 4.92 Å². The molecule has 1 heterocycles. The van der Waals surface area contributed by atoms with E-state index in [1.807, 2.05) is 32.0 Å². The molecule has 0 saturated heterocycles. The largest absolute Gasteiger partial charge is 0.383 e. The Hall–Kier alpha value is -2.63. The standard InChI is InChI=1S/C13H14N4O2/c1-8-4-3-5-11(9(8)2)15-13-7-10(17(18)19)6-12(14)16-13/h3-7H,1-2H3,(H3,14,15,16). The molecule has 0 atom stereocenters. The lowest BCUT2D eigenvalue weighted by molar-refractivity contribution is -0.384. The average Bonchev–Trinajstić information content (AvgIpc) is 2.34. The van der Waals surface area contributed by atoms with Crippen LogP contribution in [0.1, 0.15) is 11.1 Å². The fourth-order valence-corrected chi connectivity index (χ4v) is 1.73. The van der Waals surface area contributed by atoms with Crippen LogP contribution in [0.3, 0.4) is 0 Å². The number of nitrogen functional groups attached to an aromatic ring is 1. The molecule has 98 valence electrons. The van der Waals surface area contributed by atoms with Crippen molar-refractivity contribution in [3.05, 3.63) is 51.6 Å². The third kappa shape index (κ3) is 2.79. The quantitative estimate of drug-likeness (QED) is 0.652. The number of rotatable bonds is 3. The van der Waals surface area contributed by atoms with Crippen molar-refractivity contribution in [1.29, 1.82) is 0 Å². The highest BCUT2D eigenvalue weighted by Crippen LogP contribution is 2.25. The maximum absolute atomic E-state index is 10.8. The monoisotopic (exact) mass is 258 g/mol. The number of nitrogens with zero attached hydrogens (tertiary/aromatic N) is 2. The molecule has 0 aliphatic rings. The number of nitro groups is 1. The summed E-state index contributed by atoms with van der Waals surface area (Å²) in [6, 6.07) is 8.38. The van der Waals surface area contributed by atoms with Crippen LogP contribution in [0.25, 0.3) is 0 Å². The topological polar surface area (TPSA) is 94.1 Å². The summed E-state index contributed by atoms with van der Waals surface area (Å²) in [6.07, 6.45) is 0. The predicted molar refractivity (Wildman–Crippen MR) is 74.5 cm³/mol. The van der Waals surface area contributed by atoms with Gasteiger partial charge < -0.3 is 11.1 Å². The highest BCUT2D eigenvalue weighted by Gasteiger charge is 2.10. The van der Waals surface area contributed by atoms with E-state index >= 15 is 0 Å². The van der Waals surface area contributed by atoms with Crippen LogP contribution in [-0.2, 0) is 0 Å². The number of hydrogen-bond donors (Lipinski definition) is 2. The molecule has 0 bridgehead atoms. The molecule has 0 amide bonds. The van der Waals surface area contributed by atoms with Gasteiger partial charge in [0.05, 0.1) is 17.1 Å². The highest BCUT2D eigenvalue weighted by atomic mass is 16.6. The molecular weight excluding hydrogens is 244 g/mol. The van der Waals surface area contributed by atoms with Gasteiger partial charge in [0, 0.05) is 5.69 Å². The van der Waals surface area contributed by atoms with Crippen LogP contribution in [0.5, 0.6) is 0 Å². The number of benzene rings is 1. The fraction of sp³-hybridized carbons (Fsp3) is 0.154. The van der Waals surface area contributed by atoms with E-state index in [-0.39, 0.29) is 11.5 Å². The van der Waals surface area contributed by atoms with Crippen LogP contribution < -0.4 is 11.1 Å². The van der Waals surface area contributed by atoms with Crippen molar-refractivity contribution in [2.24, 2.45) is 0 Å². The minimum Gasteiger partial charge on any atom is -0.383 e. The van der Waals surface area contributed by atoms with Crippen LogP contribution in [-0.4, -0.2) is 9.91 Å². The van der Waals surface area contributed by atoms with E-state index in [2.05, 4.69) is 10.3 Å². The fourth-order valence-electron chi connectivity index (χ4n) is 1.73. The number of aryl methyl sites for hydroxylation is 1. The predicted octanol–water partition coefficient (Wildman–Crippen LogP) is 2.93. The summed E-state index contributed by atoms with van der Waals surface area (Å²) >= 11 is 0. The number of nitrogens with one attached hydrogen (secondary N) is 1. The zero-order chi connectivity index (χ0) is 14.0. The molecule has 0 aliphatic heterocycles. The maximum atomic E-state index is 10.8. The van der Waals surface area contributed by atoms with Gasteiger partial charge in [0.15, 0.2) is 0 Å². The van der Waals surface area contributed by atoms with Crippen molar-refractivity contribution < 1.29 is 4.92 Å². The minimum atomic E-state index is -0.494. The van der Waals surface area contributed by atoms with Gasteiger partial charge in [0.1, 0.15) is 11.6 Å². The molecule has 19 heavy (non-hydrogen) atoms. The van der Waals surface area contributed by atoms with Crippen molar-refractivity contribution in [3.63, 3.8) is 0 Å². The first kappa shape index (κ1) is 12.8. The Morgan fingerprint density at radius 1 is 1.32 bits per heavy atom. The lowest BCUT2D eigenvalue weighted by atomic mass is 10.1. The summed E-state index contributed by atoms with van der Waals surface area (Å²) in [6.45, 7) is 3.97. The minimum absolute atomic E-state index is 0.0830. The zero-order valence-corrected chi connectivity index (χ0v) is 10.7. The summed E-state index contributed by atoms with van der Waals surface area (Å²) in [4.78, 5) is 14.3. The molecule has 6 heteroatoms. The van der Waals surface area contributed by atoms with Gasteiger partial charge in [0.2, 0.25) is 0 Å². The number of hydrogen-bond acceptors (Lipinski definition) is 5. The van der Waals surface area contributed by atoms with E-state index in [0.29, 0.717) is 5.82 Å². The molecule has 0 aliphatic carbocycles. The van der Waals surface area contributed by atoms with Crippen LogP contribution in [0, 0.1) is 24.0 Å². The lowest BCUT2D eigenvalue weighted by Gasteiger charge is -2.11. The van der Waals surface area contributed by atoms with Crippen molar-refractivity contribution in [1.82, 2.24) is 4.98 Å². The van der Waals surface area contributed by atoms with Crippen molar-refractivity contribution in [3.8, 4) is 0 Å².